The highest BCUT2D eigenvalue weighted by Crippen LogP contribution is 2.27. The largest absolute Gasteiger partial charge is 0.485 e. The Morgan fingerprint density at radius 1 is 1.18 bits per heavy atom. The summed E-state index contributed by atoms with van der Waals surface area (Å²) in [5.41, 5.74) is 0.705. The Kier molecular flexibility index (Phi) is 5.16. The Hall–Kier alpha value is -2.35. The van der Waals surface area contributed by atoms with E-state index in [9.17, 15) is 9.59 Å². The zero-order chi connectivity index (χ0) is 16.1. The highest BCUT2D eigenvalue weighted by atomic mass is 35.5. The number of ketones is 1. The van der Waals surface area contributed by atoms with Crippen LogP contribution in [-0.2, 0) is 4.79 Å². The third-order valence-corrected chi connectivity index (χ3v) is 3.24. The highest BCUT2D eigenvalue weighted by Gasteiger charge is 2.17. The van der Waals surface area contributed by atoms with Gasteiger partial charge in [0.25, 0.3) is 0 Å². The van der Waals surface area contributed by atoms with E-state index in [0.717, 1.165) is 0 Å². The second-order valence-corrected chi connectivity index (χ2v) is 5.16. The topological polar surface area (TPSA) is 67.2 Å². The predicted molar refractivity (Wildman–Crippen MR) is 82.6 cm³/mol. The van der Waals surface area contributed by atoms with Crippen LogP contribution in [0.1, 0.15) is 21.5 Å². The number of benzene rings is 2. The number of nitriles is 1. The normalized spacial score (nSPS) is 9.86. The van der Waals surface area contributed by atoms with Crippen molar-refractivity contribution in [3.8, 4) is 11.8 Å². The van der Waals surface area contributed by atoms with Gasteiger partial charge < -0.3 is 4.74 Å². The van der Waals surface area contributed by atoms with Crippen molar-refractivity contribution in [1.82, 2.24) is 0 Å². The minimum atomic E-state index is -0.401. The SMILES string of the molecule is N#Cc1cc(Cl)cc(C(=O)c2cc(Cl)ccc2OCC=O)c1. The fourth-order valence-electron chi connectivity index (χ4n) is 1.87. The first kappa shape index (κ1) is 16.0. The summed E-state index contributed by atoms with van der Waals surface area (Å²) in [4.78, 5) is 23.0. The lowest BCUT2D eigenvalue weighted by molar-refractivity contribution is -0.109. The molecule has 0 saturated heterocycles. The summed E-state index contributed by atoms with van der Waals surface area (Å²) in [6, 6.07) is 10.8. The van der Waals surface area contributed by atoms with Gasteiger partial charge in [-0.1, -0.05) is 23.2 Å². The predicted octanol–water partition coefficient (Wildman–Crippen LogP) is 3.67. The average Bonchev–Trinajstić information content (AvgIpc) is 2.52. The Labute approximate surface area is 136 Å². The molecule has 0 amide bonds. The zero-order valence-electron chi connectivity index (χ0n) is 11.2. The van der Waals surface area contributed by atoms with Crippen molar-refractivity contribution in [3.05, 3.63) is 63.1 Å². The van der Waals surface area contributed by atoms with Crippen molar-refractivity contribution in [1.29, 1.82) is 5.26 Å². The van der Waals surface area contributed by atoms with Crippen molar-refractivity contribution in [3.63, 3.8) is 0 Å². The van der Waals surface area contributed by atoms with Crippen LogP contribution in [0, 0.1) is 11.3 Å². The van der Waals surface area contributed by atoms with Gasteiger partial charge >= 0.3 is 0 Å². The second-order valence-electron chi connectivity index (χ2n) is 4.29. The maximum absolute atomic E-state index is 12.6. The molecule has 0 bridgehead atoms. The van der Waals surface area contributed by atoms with Gasteiger partial charge in [-0.15, -0.1) is 0 Å². The number of carbonyl (C=O) groups excluding carboxylic acids is 2. The third-order valence-electron chi connectivity index (χ3n) is 2.78. The van der Waals surface area contributed by atoms with Crippen LogP contribution < -0.4 is 4.74 Å². The summed E-state index contributed by atoms with van der Waals surface area (Å²) in [6.45, 7) is -0.180. The molecule has 0 aliphatic rings. The molecule has 0 spiro atoms. The molecular formula is C16H9Cl2NO3. The van der Waals surface area contributed by atoms with Crippen molar-refractivity contribution in [2.75, 3.05) is 6.61 Å². The molecular weight excluding hydrogens is 325 g/mol. The first-order valence-corrected chi connectivity index (χ1v) is 6.92. The van der Waals surface area contributed by atoms with Gasteiger partial charge in [0.2, 0.25) is 0 Å². The molecule has 0 aliphatic heterocycles. The van der Waals surface area contributed by atoms with E-state index in [1.54, 1.807) is 6.07 Å². The van der Waals surface area contributed by atoms with Crippen molar-refractivity contribution in [2.24, 2.45) is 0 Å². The van der Waals surface area contributed by atoms with Crippen molar-refractivity contribution < 1.29 is 14.3 Å². The number of aldehydes is 1. The van der Waals surface area contributed by atoms with Crippen LogP contribution >= 0.6 is 23.2 Å². The second kappa shape index (κ2) is 7.08. The lowest BCUT2D eigenvalue weighted by Gasteiger charge is -2.10. The minimum Gasteiger partial charge on any atom is -0.485 e. The first-order chi connectivity index (χ1) is 10.5. The van der Waals surface area contributed by atoms with E-state index >= 15 is 0 Å². The summed E-state index contributed by atoms with van der Waals surface area (Å²) in [6.07, 6.45) is 0.579. The summed E-state index contributed by atoms with van der Waals surface area (Å²) in [5, 5.41) is 9.58. The molecule has 0 aliphatic carbocycles. The summed E-state index contributed by atoms with van der Waals surface area (Å²) >= 11 is 11.8. The quantitative estimate of drug-likeness (QED) is 0.618. The molecule has 0 atom stereocenters. The summed E-state index contributed by atoms with van der Waals surface area (Å²) in [5.74, 6) is -0.164. The van der Waals surface area contributed by atoms with Gasteiger partial charge in [-0.2, -0.15) is 5.26 Å². The molecule has 0 unspecified atom stereocenters. The number of rotatable bonds is 5. The number of halogens is 2. The van der Waals surface area contributed by atoms with E-state index in [1.165, 1.54) is 30.3 Å². The number of nitrogens with zero attached hydrogens (tertiary/aromatic N) is 1. The molecule has 0 saturated carbocycles. The minimum absolute atomic E-state index is 0.180. The fourth-order valence-corrected chi connectivity index (χ4v) is 2.28. The zero-order valence-corrected chi connectivity index (χ0v) is 12.7. The van der Waals surface area contributed by atoms with Gasteiger partial charge in [-0.3, -0.25) is 9.59 Å². The molecule has 2 rings (SSSR count). The van der Waals surface area contributed by atoms with Crippen LogP contribution in [0.25, 0.3) is 0 Å². The Balaban J connectivity index is 2.49. The van der Waals surface area contributed by atoms with E-state index < -0.39 is 5.78 Å². The Morgan fingerprint density at radius 2 is 1.95 bits per heavy atom. The van der Waals surface area contributed by atoms with E-state index in [2.05, 4.69) is 0 Å². The van der Waals surface area contributed by atoms with Gasteiger partial charge in [-0.25, -0.2) is 0 Å². The fraction of sp³-hybridized carbons (Fsp3) is 0.0625. The number of carbonyl (C=O) groups is 2. The van der Waals surface area contributed by atoms with Gasteiger partial charge in [0.1, 0.15) is 12.4 Å². The van der Waals surface area contributed by atoms with Crippen molar-refractivity contribution >= 4 is 35.3 Å². The van der Waals surface area contributed by atoms with Crippen LogP contribution in [0.4, 0.5) is 0 Å². The van der Waals surface area contributed by atoms with E-state index in [1.807, 2.05) is 6.07 Å². The monoisotopic (exact) mass is 333 g/mol. The number of ether oxygens (including phenoxy) is 1. The molecule has 0 radical (unpaired) electrons. The van der Waals surface area contributed by atoms with Gasteiger partial charge in [0, 0.05) is 15.6 Å². The lowest BCUT2D eigenvalue weighted by Crippen LogP contribution is -2.07. The van der Waals surface area contributed by atoms with Gasteiger partial charge in [-0.05, 0) is 36.4 Å². The maximum atomic E-state index is 12.6. The Bertz CT molecular complexity index is 781. The molecule has 6 heteroatoms. The van der Waals surface area contributed by atoms with Gasteiger partial charge in [0.15, 0.2) is 12.1 Å². The molecule has 0 aromatic heterocycles. The molecule has 4 nitrogen and oxygen atoms in total. The van der Waals surface area contributed by atoms with Crippen LogP contribution in [0.2, 0.25) is 10.0 Å². The van der Waals surface area contributed by atoms with E-state index in [-0.39, 0.29) is 34.1 Å². The van der Waals surface area contributed by atoms with Crippen LogP contribution in [0.3, 0.4) is 0 Å². The van der Waals surface area contributed by atoms with E-state index in [4.69, 9.17) is 33.2 Å². The standard InChI is InChI=1S/C16H9Cl2NO3/c17-12-1-2-15(22-4-3-20)14(8-12)16(21)11-5-10(9-19)6-13(18)7-11/h1-3,5-8H,4H2. The van der Waals surface area contributed by atoms with Crippen LogP contribution in [0.5, 0.6) is 5.75 Å². The molecule has 0 heterocycles. The summed E-state index contributed by atoms with van der Waals surface area (Å²) < 4.78 is 5.23. The molecule has 0 N–H and O–H groups in total. The number of hydrogen-bond acceptors (Lipinski definition) is 4. The first-order valence-electron chi connectivity index (χ1n) is 6.16. The van der Waals surface area contributed by atoms with Crippen molar-refractivity contribution in [2.45, 2.75) is 0 Å². The van der Waals surface area contributed by atoms with Crippen LogP contribution in [0.15, 0.2) is 36.4 Å². The lowest BCUT2D eigenvalue weighted by atomic mass is 10.0. The highest BCUT2D eigenvalue weighted by molar-refractivity contribution is 6.32. The average molecular weight is 334 g/mol. The molecule has 22 heavy (non-hydrogen) atoms. The Morgan fingerprint density at radius 3 is 2.64 bits per heavy atom. The number of hydrogen-bond donors (Lipinski definition) is 0. The smallest absolute Gasteiger partial charge is 0.196 e. The third kappa shape index (κ3) is 3.64. The van der Waals surface area contributed by atoms with Crippen LogP contribution in [-0.4, -0.2) is 18.7 Å². The molecule has 2 aromatic rings. The molecule has 110 valence electrons. The molecule has 2 aromatic carbocycles. The summed E-state index contributed by atoms with van der Waals surface area (Å²) in [7, 11) is 0. The molecule has 0 fully saturated rings. The maximum Gasteiger partial charge on any atom is 0.196 e. The van der Waals surface area contributed by atoms with Gasteiger partial charge in [0.05, 0.1) is 17.2 Å². The van der Waals surface area contributed by atoms with E-state index in [0.29, 0.717) is 11.3 Å².